The van der Waals surface area contributed by atoms with Gasteiger partial charge in [-0.15, -0.1) is 10.2 Å². The predicted octanol–water partition coefficient (Wildman–Crippen LogP) is 4.04. The average Bonchev–Trinajstić information content (AvgIpc) is 3.31. The smallest absolute Gasteiger partial charge is 0.277 e. The number of carbonyl (C=O) groups excluding carboxylic acids is 1. The summed E-state index contributed by atoms with van der Waals surface area (Å²) in [7, 11) is 0. The van der Waals surface area contributed by atoms with E-state index in [-0.39, 0.29) is 17.4 Å². The number of amides is 1. The van der Waals surface area contributed by atoms with Crippen LogP contribution in [0.4, 0.5) is 0 Å². The number of thioether (sulfide) groups is 1. The molecular weight excluding hydrogens is 334 g/mol. The van der Waals surface area contributed by atoms with E-state index < -0.39 is 0 Å². The molecule has 1 atom stereocenters. The van der Waals surface area contributed by atoms with Crippen molar-refractivity contribution in [1.29, 1.82) is 0 Å². The number of carbonyl (C=O) groups is 1. The fourth-order valence-corrected chi connectivity index (χ4v) is 3.21. The SMILES string of the molecule is C[C@@H](NC(=O)CSc1nnc(-c2ccc(C(C)(C)C)cc2)o1)C1CC1. The number of benzene rings is 1. The molecule has 1 amide bonds. The van der Waals surface area contributed by atoms with Gasteiger partial charge < -0.3 is 9.73 Å². The van der Waals surface area contributed by atoms with E-state index in [9.17, 15) is 4.79 Å². The van der Waals surface area contributed by atoms with Gasteiger partial charge in [-0.3, -0.25) is 4.79 Å². The molecule has 0 bridgehead atoms. The molecule has 0 saturated heterocycles. The van der Waals surface area contributed by atoms with Gasteiger partial charge in [-0.2, -0.15) is 0 Å². The highest BCUT2D eigenvalue weighted by Gasteiger charge is 2.28. The minimum absolute atomic E-state index is 0.0127. The molecule has 25 heavy (non-hydrogen) atoms. The molecule has 0 aliphatic heterocycles. The zero-order valence-electron chi connectivity index (χ0n) is 15.2. The van der Waals surface area contributed by atoms with Gasteiger partial charge in [0, 0.05) is 11.6 Å². The summed E-state index contributed by atoms with van der Waals surface area (Å²) in [4.78, 5) is 11.9. The normalized spacial score (nSPS) is 15.8. The van der Waals surface area contributed by atoms with Gasteiger partial charge in [0.2, 0.25) is 11.8 Å². The third-order valence-corrected chi connectivity index (χ3v) is 5.27. The van der Waals surface area contributed by atoms with E-state index in [2.05, 4.69) is 55.3 Å². The van der Waals surface area contributed by atoms with Gasteiger partial charge in [0.1, 0.15) is 0 Å². The topological polar surface area (TPSA) is 68.0 Å². The summed E-state index contributed by atoms with van der Waals surface area (Å²) in [5.41, 5.74) is 2.25. The first-order valence-electron chi connectivity index (χ1n) is 8.69. The van der Waals surface area contributed by atoms with E-state index in [0.717, 1.165) is 5.56 Å². The Labute approximate surface area is 153 Å². The van der Waals surface area contributed by atoms with E-state index in [0.29, 0.717) is 22.8 Å². The quantitative estimate of drug-likeness (QED) is 0.788. The lowest BCUT2D eigenvalue weighted by molar-refractivity contribution is -0.119. The molecule has 1 N–H and O–H groups in total. The Kier molecular flexibility index (Phi) is 5.18. The minimum Gasteiger partial charge on any atom is -0.411 e. The largest absolute Gasteiger partial charge is 0.411 e. The highest BCUT2D eigenvalue weighted by Crippen LogP contribution is 2.32. The van der Waals surface area contributed by atoms with E-state index in [1.54, 1.807) is 0 Å². The third-order valence-electron chi connectivity index (χ3n) is 4.45. The molecule has 1 aromatic heterocycles. The van der Waals surface area contributed by atoms with E-state index in [4.69, 9.17) is 4.42 Å². The summed E-state index contributed by atoms with van der Waals surface area (Å²) in [6.45, 7) is 8.60. The standard InChI is InChI=1S/C19H25N3O2S/c1-12(13-5-6-13)20-16(23)11-25-18-22-21-17(24-18)14-7-9-15(10-8-14)19(2,3)4/h7-10,12-13H,5-6,11H2,1-4H3,(H,20,23)/t12-/m1/s1. The number of aromatic nitrogens is 2. The summed E-state index contributed by atoms with van der Waals surface area (Å²) in [5, 5.41) is 11.6. The van der Waals surface area contributed by atoms with Crippen molar-refractivity contribution in [3.8, 4) is 11.5 Å². The van der Waals surface area contributed by atoms with Gasteiger partial charge in [0.05, 0.1) is 5.75 Å². The van der Waals surface area contributed by atoms with Gasteiger partial charge in [-0.1, -0.05) is 44.7 Å². The summed E-state index contributed by atoms with van der Waals surface area (Å²) < 4.78 is 5.67. The van der Waals surface area contributed by atoms with Crippen LogP contribution in [0.3, 0.4) is 0 Å². The lowest BCUT2D eigenvalue weighted by Crippen LogP contribution is -2.35. The second kappa shape index (κ2) is 7.20. The molecule has 3 rings (SSSR count). The lowest BCUT2D eigenvalue weighted by Gasteiger charge is -2.18. The maximum Gasteiger partial charge on any atom is 0.277 e. The Balaban J connectivity index is 1.55. The van der Waals surface area contributed by atoms with Crippen LogP contribution in [0.5, 0.6) is 0 Å². The Bertz CT molecular complexity index is 730. The molecule has 5 nitrogen and oxygen atoms in total. The number of nitrogens with zero attached hydrogens (tertiary/aromatic N) is 2. The van der Waals surface area contributed by atoms with Crippen LogP contribution in [0, 0.1) is 5.92 Å². The lowest BCUT2D eigenvalue weighted by atomic mass is 9.87. The van der Waals surface area contributed by atoms with Crippen molar-refractivity contribution in [3.63, 3.8) is 0 Å². The van der Waals surface area contributed by atoms with Crippen LogP contribution in [0.2, 0.25) is 0 Å². The molecule has 0 radical (unpaired) electrons. The van der Waals surface area contributed by atoms with E-state index in [1.807, 2.05) is 12.1 Å². The number of rotatable bonds is 6. The Morgan fingerprint density at radius 3 is 2.56 bits per heavy atom. The number of nitrogens with one attached hydrogen (secondary N) is 1. The van der Waals surface area contributed by atoms with Crippen LogP contribution in [0.1, 0.15) is 46.1 Å². The highest BCUT2D eigenvalue weighted by atomic mass is 32.2. The summed E-state index contributed by atoms with van der Waals surface area (Å²) in [6.07, 6.45) is 2.44. The third kappa shape index (κ3) is 4.84. The molecule has 1 aromatic carbocycles. The Morgan fingerprint density at radius 1 is 1.28 bits per heavy atom. The second-order valence-corrected chi connectivity index (χ2v) is 8.61. The zero-order chi connectivity index (χ0) is 18.0. The fraction of sp³-hybridized carbons (Fsp3) is 0.526. The number of hydrogen-bond donors (Lipinski definition) is 1. The molecule has 0 unspecified atom stereocenters. The van der Waals surface area contributed by atoms with Gasteiger partial charge in [-0.25, -0.2) is 0 Å². The molecule has 0 spiro atoms. The van der Waals surface area contributed by atoms with E-state index in [1.165, 1.54) is 30.2 Å². The van der Waals surface area contributed by atoms with Crippen molar-refractivity contribution >= 4 is 17.7 Å². The Hall–Kier alpha value is -1.82. The molecule has 6 heteroatoms. The molecule has 134 valence electrons. The van der Waals surface area contributed by atoms with E-state index >= 15 is 0 Å². The van der Waals surface area contributed by atoms with Crippen molar-refractivity contribution < 1.29 is 9.21 Å². The first-order chi connectivity index (χ1) is 11.8. The van der Waals surface area contributed by atoms with Crippen LogP contribution in [-0.2, 0) is 10.2 Å². The number of hydrogen-bond acceptors (Lipinski definition) is 5. The maximum absolute atomic E-state index is 11.9. The van der Waals surface area contributed by atoms with Crippen LogP contribution in [0.25, 0.3) is 11.5 Å². The zero-order valence-corrected chi connectivity index (χ0v) is 16.0. The van der Waals surface area contributed by atoms with Crippen molar-refractivity contribution in [2.45, 2.75) is 57.2 Å². The Morgan fingerprint density at radius 2 is 1.96 bits per heavy atom. The maximum atomic E-state index is 11.9. The fourth-order valence-electron chi connectivity index (χ4n) is 2.63. The van der Waals surface area contributed by atoms with Crippen LogP contribution in [0.15, 0.2) is 33.9 Å². The van der Waals surface area contributed by atoms with Crippen molar-refractivity contribution in [2.24, 2.45) is 5.92 Å². The molecule has 1 fully saturated rings. The first kappa shape index (κ1) is 18.0. The summed E-state index contributed by atoms with van der Waals surface area (Å²) in [5.74, 6) is 1.44. The molecule has 1 aliphatic rings. The van der Waals surface area contributed by atoms with Gasteiger partial charge in [-0.05, 0) is 48.8 Å². The average molecular weight is 359 g/mol. The minimum atomic E-state index is 0.0127. The van der Waals surface area contributed by atoms with Gasteiger partial charge in [0.25, 0.3) is 5.22 Å². The van der Waals surface area contributed by atoms with Crippen molar-refractivity contribution in [2.75, 3.05) is 5.75 Å². The highest BCUT2D eigenvalue weighted by molar-refractivity contribution is 7.99. The molecule has 1 saturated carbocycles. The van der Waals surface area contributed by atoms with Crippen LogP contribution >= 0.6 is 11.8 Å². The summed E-state index contributed by atoms with van der Waals surface area (Å²) in [6, 6.07) is 8.41. The molecule has 2 aromatic rings. The molecular formula is C19H25N3O2S. The first-order valence-corrected chi connectivity index (χ1v) is 9.68. The van der Waals surface area contributed by atoms with Crippen LogP contribution in [-0.4, -0.2) is 27.9 Å². The van der Waals surface area contributed by atoms with Gasteiger partial charge in [0.15, 0.2) is 0 Å². The molecule has 1 aliphatic carbocycles. The van der Waals surface area contributed by atoms with Crippen LogP contribution < -0.4 is 5.32 Å². The molecule has 1 heterocycles. The van der Waals surface area contributed by atoms with Crippen molar-refractivity contribution in [3.05, 3.63) is 29.8 Å². The second-order valence-electron chi connectivity index (χ2n) is 7.68. The van der Waals surface area contributed by atoms with Gasteiger partial charge >= 0.3 is 0 Å². The van der Waals surface area contributed by atoms with Crippen molar-refractivity contribution in [1.82, 2.24) is 15.5 Å². The predicted molar refractivity (Wildman–Crippen MR) is 99.5 cm³/mol. The summed E-state index contributed by atoms with van der Waals surface area (Å²) >= 11 is 1.27. The monoisotopic (exact) mass is 359 g/mol.